The molecule has 0 aromatic carbocycles. The lowest BCUT2D eigenvalue weighted by Gasteiger charge is -2.03. The summed E-state index contributed by atoms with van der Waals surface area (Å²) >= 11 is 3.17. The highest BCUT2D eigenvalue weighted by Gasteiger charge is 2.08. The molecule has 0 aliphatic rings. The van der Waals surface area contributed by atoms with Gasteiger partial charge in [0.25, 0.3) is 0 Å². The Hall–Kier alpha value is -1.74. The summed E-state index contributed by atoms with van der Waals surface area (Å²) in [5.41, 5.74) is 1.00. The van der Waals surface area contributed by atoms with E-state index in [0.29, 0.717) is 10.3 Å². The van der Waals surface area contributed by atoms with Crippen molar-refractivity contribution in [1.29, 1.82) is 5.26 Å². The summed E-state index contributed by atoms with van der Waals surface area (Å²) in [4.78, 5) is 3.71. The minimum atomic E-state index is -0.599. The van der Waals surface area contributed by atoms with Crippen molar-refractivity contribution in [1.82, 2.24) is 14.8 Å². The highest BCUT2D eigenvalue weighted by Crippen LogP contribution is 2.16. The van der Waals surface area contributed by atoms with Gasteiger partial charge in [0.2, 0.25) is 5.95 Å². The van der Waals surface area contributed by atoms with Crippen molar-refractivity contribution in [2.75, 3.05) is 0 Å². The molecule has 0 unspecified atom stereocenters. The molecule has 6 heteroatoms. The molecule has 4 nitrogen and oxygen atoms in total. The maximum absolute atomic E-state index is 13.1. The van der Waals surface area contributed by atoms with E-state index >= 15 is 0 Å². The number of nitrogens with zero attached hydrogens (tertiary/aromatic N) is 4. The van der Waals surface area contributed by atoms with Gasteiger partial charge in [-0.25, -0.2) is 9.67 Å². The second kappa shape index (κ2) is 4.02. The van der Waals surface area contributed by atoms with Gasteiger partial charge in [-0.15, -0.1) is 0 Å². The van der Waals surface area contributed by atoms with E-state index in [2.05, 4.69) is 26.0 Å². The quantitative estimate of drug-likeness (QED) is 0.754. The van der Waals surface area contributed by atoms with Gasteiger partial charge in [0.1, 0.15) is 6.07 Å². The zero-order chi connectivity index (χ0) is 11.7. The first-order chi connectivity index (χ1) is 7.60. The van der Waals surface area contributed by atoms with Crippen LogP contribution in [0.15, 0.2) is 22.7 Å². The Morgan fingerprint density at radius 2 is 2.19 bits per heavy atom. The van der Waals surface area contributed by atoms with Crippen LogP contribution in [0.4, 0.5) is 4.39 Å². The number of nitriles is 1. The monoisotopic (exact) mass is 280 g/mol. The van der Waals surface area contributed by atoms with Crippen molar-refractivity contribution < 1.29 is 4.39 Å². The lowest BCUT2D eigenvalue weighted by Crippen LogP contribution is -2.03. The Balaban J connectivity index is 2.58. The van der Waals surface area contributed by atoms with Gasteiger partial charge in [-0.1, -0.05) is 15.9 Å². The first kappa shape index (κ1) is 10.8. The molecule has 0 saturated carbocycles. The van der Waals surface area contributed by atoms with Crippen molar-refractivity contribution in [3.8, 4) is 11.9 Å². The topological polar surface area (TPSA) is 54.5 Å². The zero-order valence-corrected chi connectivity index (χ0v) is 9.86. The number of hydrogen-bond acceptors (Lipinski definition) is 3. The predicted octanol–water partition coefficient (Wildman–Crippen LogP) is 2.35. The SMILES string of the molecule is Cc1cc(C#N)nn1-c1cc(Br)cc(F)n1. The molecule has 0 N–H and O–H groups in total. The molecule has 0 bridgehead atoms. The van der Waals surface area contributed by atoms with Crippen LogP contribution in [0.3, 0.4) is 0 Å². The highest BCUT2D eigenvalue weighted by atomic mass is 79.9. The van der Waals surface area contributed by atoms with E-state index in [1.54, 1.807) is 19.1 Å². The largest absolute Gasteiger partial charge is 0.218 e. The lowest BCUT2D eigenvalue weighted by molar-refractivity contribution is 0.575. The van der Waals surface area contributed by atoms with Gasteiger partial charge < -0.3 is 0 Å². The summed E-state index contributed by atoms with van der Waals surface area (Å²) in [7, 11) is 0. The Labute approximate surface area is 99.5 Å². The summed E-state index contributed by atoms with van der Waals surface area (Å²) in [5, 5.41) is 12.7. The Morgan fingerprint density at radius 1 is 1.44 bits per heavy atom. The molecule has 16 heavy (non-hydrogen) atoms. The van der Waals surface area contributed by atoms with Crippen molar-refractivity contribution in [2.24, 2.45) is 0 Å². The van der Waals surface area contributed by atoms with E-state index < -0.39 is 5.95 Å². The van der Waals surface area contributed by atoms with Crippen LogP contribution in [0.25, 0.3) is 5.82 Å². The van der Waals surface area contributed by atoms with Gasteiger partial charge >= 0.3 is 0 Å². The fraction of sp³-hybridized carbons (Fsp3) is 0.100. The summed E-state index contributed by atoms with van der Waals surface area (Å²) in [6.07, 6.45) is 0. The molecule has 2 aromatic rings. The van der Waals surface area contributed by atoms with Crippen LogP contribution in [0, 0.1) is 24.2 Å². The van der Waals surface area contributed by atoms with Crippen molar-refractivity contribution in [3.63, 3.8) is 0 Å². The molecule has 0 aliphatic heterocycles. The second-order valence-corrected chi connectivity index (χ2v) is 4.08. The summed E-state index contributed by atoms with van der Waals surface area (Å²) in [6, 6.07) is 6.42. The fourth-order valence-corrected chi connectivity index (χ4v) is 1.72. The Morgan fingerprint density at radius 3 is 2.75 bits per heavy atom. The third-order valence-electron chi connectivity index (χ3n) is 1.96. The molecule has 80 valence electrons. The second-order valence-electron chi connectivity index (χ2n) is 3.16. The van der Waals surface area contributed by atoms with Crippen molar-refractivity contribution >= 4 is 15.9 Å². The first-order valence-corrected chi connectivity index (χ1v) is 5.19. The molecule has 0 fully saturated rings. The predicted molar refractivity (Wildman–Crippen MR) is 58.5 cm³/mol. The Kier molecular flexibility index (Phi) is 2.71. The van der Waals surface area contributed by atoms with Gasteiger partial charge in [0.05, 0.1) is 0 Å². The van der Waals surface area contributed by atoms with Gasteiger partial charge in [-0.05, 0) is 19.1 Å². The number of hydrogen-bond donors (Lipinski definition) is 0. The molecule has 0 aliphatic carbocycles. The minimum absolute atomic E-state index is 0.277. The van der Waals surface area contributed by atoms with Gasteiger partial charge in [-0.3, -0.25) is 0 Å². The molecule has 0 saturated heterocycles. The van der Waals surface area contributed by atoms with Gasteiger partial charge in [0.15, 0.2) is 11.5 Å². The molecule has 2 aromatic heterocycles. The molecule has 0 spiro atoms. The number of halogens is 2. The lowest BCUT2D eigenvalue weighted by atomic mass is 10.4. The standard InChI is InChI=1S/C10H6BrFN4/c1-6-2-8(5-13)15-16(6)10-4-7(11)3-9(12)14-10/h2-4H,1H3. The molecular formula is C10H6BrFN4. The highest BCUT2D eigenvalue weighted by molar-refractivity contribution is 9.10. The summed E-state index contributed by atoms with van der Waals surface area (Å²) in [6.45, 7) is 1.77. The Bertz CT molecular complexity index is 565. The minimum Gasteiger partial charge on any atom is -0.218 e. The van der Waals surface area contributed by atoms with Crippen LogP contribution in [0.5, 0.6) is 0 Å². The average Bonchev–Trinajstić information content (AvgIpc) is 2.58. The number of aromatic nitrogens is 3. The van der Waals surface area contributed by atoms with Crippen molar-refractivity contribution in [2.45, 2.75) is 6.92 Å². The molecular weight excluding hydrogens is 275 g/mol. The van der Waals surface area contributed by atoms with Crippen LogP contribution in [0.1, 0.15) is 11.4 Å². The summed E-state index contributed by atoms with van der Waals surface area (Å²) in [5.74, 6) is -0.261. The molecule has 2 rings (SSSR count). The van der Waals surface area contributed by atoms with E-state index in [1.165, 1.54) is 10.7 Å². The van der Waals surface area contributed by atoms with E-state index in [1.807, 2.05) is 6.07 Å². The number of rotatable bonds is 1. The van der Waals surface area contributed by atoms with Crippen LogP contribution < -0.4 is 0 Å². The number of aryl methyl sites for hydroxylation is 1. The zero-order valence-electron chi connectivity index (χ0n) is 8.28. The van der Waals surface area contributed by atoms with E-state index in [4.69, 9.17) is 5.26 Å². The van der Waals surface area contributed by atoms with Gasteiger partial charge in [0, 0.05) is 16.2 Å². The smallest absolute Gasteiger partial charge is 0.215 e. The van der Waals surface area contributed by atoms with Crippen LogP contribution in [-0.2, 0) is 0 Å². The van der Waals surface area contributed by atoms with E-state index in [-0.39, 0.29) is 5.69 Å². The molecule has 2 heterocycles. The van der Waals surface area contributed by atoms with Crippen LogP contribution >= 0.6 is 15.9 Å². The molecule has 0 amide bonds. The van der Waals surface area contributed by atoms with E-state index in [0.717, 1.165) is 5.69 Å². The maximum Gasteiger partial charge on any atom is 0.215 e. The summed E-state index contributed by atoms with van der Waals surface area (Å²) < 4.78 is 15.1. The van der Waals surface area contributed by atoms with Crippen LogP contribution in [-0.4, -0.2) is 14.8 Å². The van der Waals surface area contributed by atoms with Crippen LogP contribution in [0.2, 0.25) is 0 Å². The maximum atomic E-state index is 13.1. The first-order valence-electron chi connectivity index (χ1n) is 4.40. The normalized spacial score (nSPS) is 10.1. The average molecular weight is 281 g/mol. The third kappa shape index (κ3) is 1.95. The van der Waals surface area contributed by atoms with E-state index in [9.17, 15) is 4.39 Å². The van der Waals surface area contributed by atoms with Gasteiger partial charge in [-0.2, -0.15) is 14.8 Å². The number of pyridine rings is 1. The third-order valence-corrected chi connectivity index (χ3v) is 2.42. The molecule has 0 atom stereocenters. The fourth-order valence-electron chi connectivity index (χ4n) is 1.32. The molecule has 0 radical (unpaired) electrons. The van der Waals surface area contributed by atoms with Crippen molar-refractivity contribution in [3.05, 3.63) is 40.0 Å².